The zero-order chi connectivity index (χ0) is 10.8. The van der Waals surface area contributed by atoms with E-state index in [1.54, 1.807) is 18.3 Å². The summed E-state index contributed by atoms with van der Waals surface area (Å²) >= 11 is 13.5. The third kappa shape index (κ3) is 2.16. The van der Waals surface area contributed by atoms with Gasteiger partial charge in [0.15, 0.2) is 0 Å². The minimum absolute atomic E-state index is 0.355. The molecule has 0 spiro atoms. The Bertz CT molecular complexity index is 470. The van der Waals surface area contributed by atoms with Gasteiger partial charge < -0.3 is 5.73 Å². The summed E-state index contributed by atoms with van der Waals surface area (Å²) in [5.41, 5.74) is 6.70. The van der Waals surface area contributed by atoms with Crippen LogP contribution in [0.4, 0.5) is 0 Å². The minimum Gasteiger partial charge on any atom is -0.318 e. The van der Waals surface area contributed by atoms with Crippen LogP contribution in [0.2, 0.25) is 10.0 Å². The first kappa shape index (κ1) is 10.9. The van der Waals surface area contributed by atoms with Crippen LogP contribution in [0.15, 0.2) is 29.8 Å². The second-order valence-electron chi connectivity index (χ2n) is 2.98. The first-order valence-corrected chi connectivity index (χ1v) is 5.92. The molecule has 2 rings (SSSR count). The van der Waals surface area contributed by atoms with Crippen molar-refractivity contribution in [1.29, 1.82) is 0 Å². The van der Waals surface area contributed by atoms with Crippen LogP contribution in [0.1, 0.15) is 16.6 Å². The van der Waals surface area contributed by atoms with Crippen LogP contribution in [-0.4, -0.2) is 4.98 Å². The van der Waals surface area contributed by atoms with Gasteiger partial charge in [0.05, 0.1) is 21.8 Å². The maximum absolute atomic E-state index is 6.04. The zero-order valence-corrected chi connectivity index (χ0v) is 9.98. The van der Waals surface area contributed by atoms with E-state index in [0.717, 1.165) is 4.88 Å². The summed E-state index contributed by atoms with van der Waals surface area (Å²) < 4.78 is 0. The van der Waals surface area contributed by atoms with E-state index in [9.17, 15) is 0 Å². The number of rotatable bonds is 2. The van der Waals surface area contributed by atoms with Crippen molar-refractivity contribution in [3.05, 3.63) is 50.4 Å². The lowest BCUT2D eigenvalue weighted by Crippen LogP contribution is -2.12. The van der Waals surface area contributed by atoms with Crippen molar-refractivity contribution >= 4 is 34.5 Å². The van der Waals surface area contributed by atoms with Crippen LogP contribution in [-0.2, 0) is 0 Å². The summed E-state index contributed by atoms with van der Waals surface area (Å²) in [6.45, 7) is 0. The van der Waals surface area contributed by atoms with E-state index in [1.807, 2.05) is 11.4 Å². The van der Waals surface area contributed by atoms with E-state index in [4.69, 9.17) is 28.9 Å². The first-order chi connectivity index (χ1) is 7.20. The molecule has 0 aliphatic heterocycles. The van der Waals surface area contributed by atoms with Gasteiger partial charge in [-0.1, -0.05) is 23.2 Å². The maximum Gasteiger partial charge on any atom is 0.0850 e. The van der Waals surface area contributed by atoms with Gasteiger partial charge in [-0.25, -0.2) is 0 Å². The number of nitrogens with two attached hydrogens (primary N) is 1. The average molecular weight is 259 g/mol. The molecule has 2 heterocycles. The number of hydrogen-bond donors (Lipinski definition) is 1. The predicted octanol–water partition coefficient (Wildman–Crippen LogP) is 3.50. The van der Waals surface area contributed by atoms with Crippen LogP contribution in [0.5, 0.6) is 0 Å². The molecule has 0 aliphatic carbocycles. The fourth-order valence-electron chi connectivity index (χ4n) is 1.28. The first-order valence-electron chi connectivity index (χ1n) is 4.29. The summed E-state index contributed by atoms with van der Waals surface area (Å²) in [7, 11) is 0. The summed E-state index contributed by atoms with van der Waals surface area (Å²) in [6.07, 6.45) is 1.67. The minimum atomic E-state index is -0.355. The summed E-state index contributed by atoms with van der Waals surface area (Å²) in [6, 6.07) is 5.00. The van der Waals surface area contributed by atoms with Gasteiger partial charge in [-0.05, 0) is 23.6 Å². The highest BCUT2D eigenvalue weighted by molar-refractivity contribution is 7.10. The second kappa shape index (κ2) is 4.49. The predicted molar refractivity (Wildman–Crippen MR) is 64.6 cm³/mol. The molecule has 1 unspecified atom stereocenters. The van der Waals surface area contributed by atoms with Gasteiger partial charge >= 0.3 is 0 Å². The molecule has 0 amide bonds. The Hall–Kier alpha value is -0.610. The van der Waals surface area contributed by atoms with Crippen LogP contribution < -0.4 is 5.73 Å². The Labute approximate surface area is 102 Å². The van der Waals surface area contributed by atoms with Gasteiger partial charge in [0.25, 0.3) is 0 Å². The molecule has 2 nitrogen and oxygen atoms in total. The lowest BCUT2D eigenvalue weighted by atomic mass is 10.1. The van der Waals surface area contributed by atoms with E-state index in [0.29, 0.717) is 15.7 Å². The topological polar surface area (TPSA) is 38.9 Å². The molecule has 0 aliphatic rings. The third-order valence-corrected chi connectivity index (χ3v) is 3.77. The Balaban J connectivity index is 2.41. The lowest BCUT2D eigenvalue weighted by molar-refractivity contribution is 0.847. The smallest absolute Gasteiger partial charge is 0.0850 e. The van der Waals surface area contributed by atoms with Crippen LogP contribution >= 0.6 is 34.5 Å². The Morgan fingerprint density at radius 2 is 2.07 bits per heavy atom. The number of pyridine rings is 1. The van der Waals surface area contributed by atoms with Crippen molar-refractivity contribution in [2.75, 3.05) is 0 Å². The lowest BCUT2D eigenvalue weighted by Gasteiger charge is -2.10. The van der Waals surface area contributed by atoms with Crippen LogP contribution in [0, 0.1) is 0 Å². The molecular formula is C10H8Cl2N2S. The monoisotopic (exact) mass is 258 g/mol. The molecule has 0 bridgehead atoms. The molecule has 5 heteroatoms. The second-order valence-corrected chi connectivity index (χ2v) is 4.74. The van der Waals surface area contributed by atoms with Gasteiger partial charge in [-0.3, -0.25) is 4.98 Å². The molecule has 1 atom stereocenters. The largest absolute Gasteiger partial charge is 0.318 e. The standard InChI is InChI=1S/C10H8Cl2N2S/c11-6-2-1-4-14-9(6)8(13)10-7(12)3-5-15-10/h1-5,8H,13H2. The fourth-order valence-corrected chi connectivity index (χ4v) is 2.70. The molecule has 2 aromatic rings. The van der Waals surface area contributed by atoms with Gasteiger partial charge in [-0.15, -0.1) is 11.3 Å². The molecule has 15 heavy (non-hydrogen) atoms. The summed E-state index contributed by atoms with van der Waals surface area (Å²) in [5, 5.41) is 3.12. The molecular weight excluding hydrogens is 251 g/mol. The van der Waals surface area contributed by atoms with E-state index < -0.39 is 0 Å². The number of halogens is 2. The van der Waals surface area contributed by atoms with Gasteiger partial charge in [0.2, 0.25) is 0 Å². The highest BCUT2D eigenvalue weighted by Crippen LogP contribution is 2.32. The normalized spacial score (nSPS) is 12.7. The van der Waals surface area contributed by atoms with Crippen molar-refractivity contribution in [3.63, 3.8) is 0 Å². The maximum atomic E-state index is 6.04. The van der Waals surface area contributed by atoms with Gasteiger partial charge in [0.1, 0.15) is 0 Å². The van der Waals surface area contributed by atoms with E-state index in [1.165, 1.54) is 11.3 Å². The van der Waals surface area contributed by atoms with Crippen LogP contribution in [0.3, 0.4) is 0 Å². The average Bonchev–Trinajstić information content (AvgIpc) is 2.64. The van der Waals surface area contributed by atoms with Crippen molar-refractivity contribution in [1.82, 2.24) is 4.98 Å². The summed E-state index contributed by atoms with van der Waals surface area (Å²) in [5.74, 6) is 0. The molecule has 78 valence electrons. The highest BCUT2D eigenvalue weighted by Gasteiger charge is 2.17. The molecule has 2 N–H and O–H groups in total. The number of thiophene rings is 1. The molecule has 0 fully saturated rings. The third-order valence-electron chi connectivity index (χ3n) is 2.01. The van der Waals surface area contributed by atoms with E-state index in [2.05, 4.69) is 4.98 Å². The van der Waals surface area contributed by atoms with E-state index >= 15 is 0 Å². The number of hydrogen-bond acceptors (Lipinski definition) is 3. The molecule has 0 saturated carbocycles. The SMILES string of the molecule is NC(c1ncccc1Cl)c1sccc1Cl. The highest BCUT2D eigenvalue weighted by atomic mass is 35.5. The fraction of sp³-hybridized carbons (Fsp3) is 0.100. The zero-order valence-electron chi connectivity index (χ0n) is 7.65. The Morgan fingerprint density at radius 1 is 1.27 bits per heavy atom. The van der Waals surface area contributed by atoms with Crippen molar-refractivity contribution < 1.29 is 0 Å². The molecule has 0 aromatic carbocycles. The van der Waals surface area contributed by atoms with E-state index in [-0.39, 0.29) is 6.04 Å². The van der Waals surface area contributed by atoms with Crippen molar-refractivity contribution in [2.24, 2.45) is 5.73 Å². The van der Waals surface area contributed by atoms with Gasteiger partial charge in [-0.2, -0.15) is 0 Å². The molecule has 2 aromatic heterocycles. The molecule has 0 saturated heterocycles. The Kier molecular flexibility index (Phi) is 3.26. The van der Waals surface area contributed by atoms with Crippen molar-refractivity contribution in [2.45, 2.75) is 6.04 Å². The van der Waals surface area contributed by atoms with Crippen LogP contribution in [0.25, 0.3) is 0 Å². The van der Waals surface area contributed by atoms with Crippen molar-refractivity contribution in [3.8, 4) is 0 Å². The Morgan fingerprint density at radius 3 is 2.67 bits per heavy atom. The number of aromatic nitrogens is 1. The number of nitrogens with zero attached hydrogens (tertiary/aromatic N) is 1. The summed E-state index contributed by atoms with van der Waals surface area (Å²) in [4.78, 5) is 5.05. The quantitative estimate of drug-likeness (QED) is 0.896. The van der Waals surface area contributed by atoms with Gasteiger partial charge in [0, 0.05) is 11.1 Å². The molecule has 0 radical (unpaired) electrons.